The van der Waals surface area contributed by atoms with Gasteiger partial charge >= 0.3 is 0 Å². The van der Waals surface area contributed by atoms with Crippen LogP contribution in [0.15, 0.2) is 35.6 Å². The summed E-state index contributed by atoms with van der Waals surface area (Å²) < 4.78 is 7.63. The van der Waals surface area contributed by atoms with Crippen LogP contribution in [0.5, 0.6) is 0 Å². The highest BCUT2D eigenvalue weighted by Crippen LogP contribution is 2.33. The van der Waals surface area contributed by atoms with Gasteiger partial charge in [0.25, 0.3) is 5.69 Å². The first kappa shape index (κ1) is 18.6. The van der Waals surface area contributed by atoms with E-state index in [9.17, 15) is 15.2 Å². The molecule has 2 atom stereocenters. The van der Waals surface area contributed by atoms with Crippen molar-refractivity contribution in [2.24, 2.45) is 0 Å². The average molecular weight is 402 g/mol. The van der Waals surface area contributed by atoms with Crippen LogP contribution in [-0.2, 0) is 10.5 Å². The Hall–Kier alpha value is -2.76. The molecule has 1 aromatic carbocycles. The number of hydrogen-bond donors (Lipinski definition) is 2. The van der Waals surface area contributed by atoms with E-state index in [1.807, 2.05) is 4.57 Å². The van der Waals surface area contributed by atoms with Crippen LogP contribution in [0, 0.1) is 10.1 Å². The number of thioether (sulfide) groups is 1. The lowest BCUT2D eigenvalue weighted by molar-refractivity contribution is -0.384. The van der Waals surface area contributed by atoms with Crippen LogP contribution in [0.4, 0.5) is 11.6 Å². The Morgan fingerprint density at radius 1 is 1.32 bits per heavy atom. The van der Waals surface area contributed by atoms with E-state index in [4.69, 9.17) is 10.5 Å². The number of rotatable bonds is 6. The zero-order valence-electron chi connectivity index (χ0n) is 14.8. The smallest absolute Gasteiger partial charge is 0.269 e. The summed E-state index contributed by atoms with van der Waals surface area (Å²) in [6.45, 7) is -0.0173. The van der Waals surface area contributed by atoms with Crippen LogP contribution in [-0.4, -0.2) is 42.3 Å². The third-order valence-corrected chi connectivity index (χ3v) is 5.56. The van der Waals surface area contributed by atoms with Gasteiger partial charge in [0.2, 0.25) is 5.95 Å². The number of anilines is 1. The number of non-ortho nitro benzene ring substituents is 1. The minimum atomic E-state index is -0.426. The highest BCUT2D eigenvalue weighted by atomic mass is 32.2. The summed E-state index contributed by atoms with van der Waals surface area (Å²) in [5.41, 5.74) is 8.08. The van der Waals surface area contributed by atoms with Gasteiger partial charge in [-0.1, -0.05) is 23.9 Å². The predicted octanol–water partition coefficient (Wildman–Crippen LogP) is 2.28. The fourth-order valence-corrected chi connectivity index (χ4v) is 4.04. The highest BCUT2D eigenvalue weighted by Gasteiger charge is 2.28. The van der Waals surface area contributed by atoms with Gasteiger partial charge in [0.15, 0.2) is 5.65 Å². The number of hydrogen-bond acceptors (Lipinski definition) is 9. The maximum Gasteiger partial charge on any atom is 0.269 e. The molecular formula is C17H18N6O4S. The van der Waals surface area contributed by atoms with Crippen molar-refractivity contribution >= 4 is 34.6 Å². The number of fused-ring (bicyclic) bond motifs is 1. The summed E-state index contributed by atoms with van der Waals surface area (Å²) in [7, 11) is 0. The Morgan fingerprint density at radius 2 is 2.11 bits per heavy atom. The van der Waals surface area contributed by atoms with E-state index in [1.54, 1.807) is 18.5 Å². The van der Waals surface area contributed by atoms with E-state index in [1.165, 1.54) is 23.9 Å². The lowest BCUT2D eigenvalue weighted by Gasteiger charge is -2.14. The normalized spacial score (nSPS) is 19.3. The molecule has 0 bridgehead atoms. The summed E-state index contributed by atoms with van der Waals surface area (Å²) in [4.78, 5) is 23.4. The number of nitro benzene ring substituents is 1. The van der Waals surface area contributed by atoms with E-state index in [-0.39, 0.29) is 30.6 Å². The Bertz CT molecular complexity index is 1010. The lowest BCUT2D eigenvalue weighted by atomic mass is 10.2. The van der Waals surface area contributed by atoms with Crippen molar-refractivity contribution in [3.8, 4) is 0 Å². The van der Waals surface area contributed by atoms with E-state index in [0.29, 0.717) is 21.9 Å². The number of imidazole rings is 1. The fourth-order valence-electron chi connectivity index (χ4n) is 3.11. The molecule has 146 valence electrons. The van der Waals surface area contributed by atoms with Crippen LogP contribution in [0.1, 0.15) is 24.6 Å². The van der Waals surface area contributed by atoms with Gasteiger partial charge in [0.1, 0.15) is 16.8 Å². The van der Waals surface area contributed by atoms with Gasteiger partial charge in [0, 0.05) is 17.9 Å². The van der Waals surface area contributed by atoms with Crippen molar-refractivity contribution in [1.29, 1.82) is 0 Å². The van der Waals surface area contributed by atoms with Gasteiger partial charge in [-0.05, 0) is 18.4 Å². The molecule has 3 aromatic rings. The number of aliphatic hydroxyl groups excluding tert-OH is 1. The molecule has 0 aliphatic carbocycles. The first-order chi connectivity index (χ1) is 13.5. The summed E-state index contributed by atoms with van der Waals surface area (Å²) in [5, 5.41) is 20.7. The van der Waals surface area contributed by atoms with E-state index >= 15 is 0 Å². The SMILES string of the molecule is Nc1nc(SCc2ccc([N+](=O)[O-])cc2)c2ncn([C@H]3CC[C@@H](CO)O3)c2n1. The molecule has 0 spiro atoms. The van der Waals surface area contributed by atoms with E-state index in [2.05, 4.69) is 15.0 Å². The summed E-state index contributed by atoms with van der Waals surface area (Å²) in [6, 6.07) is 6.38. The molecule has 1 fully saturated rings. The molecule has 3 N–H and O–H groups in total. The Balaban J connectivity index is 1.56. The number of nitro groups is 1. The van der Waals surface area contributed by atoms with Crippen LogP contribution >= 0.6 is 11.8 Å². The first-order valence-corrected chi connectivity index (χ1v) is 9.66. The number of ether oxygens (including phenoxy) is 1. The van der Waals surface area contributed by atoms with Crippen molar-refractivity contribution in [2.45, 2.75) is 36.0 Å². The summed E-state index contributed by atoms with van der Waals surface area (Å²) >= 11 is 1.43. The van der Waals surface area contributed by atoms with Gasteiger partial charge in [-0.2, -0.15) is 4.98 Å². The number of nitrogens with two attached hydrogens (primary N) is 1. The number of benzene rings is 1. The van der Waals surface area contributed by atoms with Crippen LogP contribution < -0.4 is 5.73 Å². The van der Waals surface area contributed by atoms with Crippen molar-refractivity contribution in [2.75, 3.05) is 12.3 Å². The Morgan fingerprint density at radius 3 is 2.79 bits per heavy atom. The average Bonchev–Trinajstić information content (AvgIpc) is 3.32. The highest BCUT2D eigenvalue weighted by molar-refractivity contribution is 7.98. The molecule has 10 nitrogen and oxygen atoms in total. The molecule has 2 aromatic heterocycles. The molecule has 1 aliphatic rings. The minimum Gasteiger partial charge on any atom is -0.394 e. The maximum atomic E-state index is 10.8. The predicted molar refractivity (Wildman–Crippen MR) is 103 cm³/mol. The van der Waals surface area contributed by atoms with Crippen molar-refractivity contribution in [3.63, 3.8) is 0 Å². The van der Waals surface area contributed by atoms with Crippen molar-refractivity contribution in [3.05, 3.63) is 46.3 Å². The van der Waals surface area contributed by atoms with Gasteiger partial charge in [-0.25, -0.2) is 9.97 Å². The fraction of sp³-hybridized carbons (Fsp3) is 0.353. The molecule has 11 heteroatoms. The second kappa shape index (κ2) is 7.70. The molecule has 0 unspecified atom stereocenters. The topological polar surface area (TPSA) is 142 Å². The molecule has 28 heavy (non-hydrogen) atoms. The zero-order valence-corrected chi connectivity index (χ0v) is 15.6. The minimum absolute atomic E-state index is 0.0173. The maximum absolute atomic E-state index is 10.8. The van der Waals surface area contributed by atoms with Gasteiger partial charge in [0.05, 0.1) is 24.0 Å². The second-order valence-electron chi connectivity index (χ2n) is 6.40. The number of aliphatic hydroxyl groups is 1. The molecule has 1 aliphatic heterocycles. The molecule has 0 amide bonds. The molecule has 4 rings (SSSR count). The van der Waals surface area contributed by atoms with Crippen molar-refractivity contribution < 1.29 is 14.8 Å². The van der Waals surface area contributed by atoms with E-state index in [0.717, 1.165) is 18.4 Å². The first-order valence-electron chi connectivity index (χ1n) is 8.67. The lowest BCUT2D eigenvalue weighted by Crippen LogP contribution is -2.14. The van der Waals surface area contributed by atoms with Gasteiger partial charge < -0.3 is 15.6 Å². The van der Waals surface area contributed by atoms with Gasteiger partial charge in [-0.3, -0.25) is 14.7 Å². The van der Waals surface area contributed by atoms with Gasteiger partial charge in [-0.15, -0.1) is 0 Å². The van der Waals surface area contributed by atoms with Crippen LogP contribution in [0.25, 0.3) is 11.2 Å². The third kappa shape index (κ3) is 3.63. The zero-order chi connectivity index (χ0) is 19.7. The van der Waals surface area contributed by atoms with Crippen molar-refractivity contribution in [1.82, 2.24) is 19.5 Å². The molecule has 1 saturated heterocycles. The largest absolute Gasteiger partial charge is 0.394 e. The molecular weight excluding hydrogens is 384 g/mol. The third-order valence-electron chi connectivity index (χ3n) is 4.53. The summed E-state index contributed by atoms with van der Waals surface area (Å²) in [6.07, 6.45) is 2.75. The van der Waals surface area contributed by atoms with E-state index < -0.39 is 4.92 Å². The number of nitrogen functional groups attached to an aromatic ring is 1. The second-order valence-corrected chi connectivity index (χ2v) is 7.36. The molecule has 0 radical (unpaired) electrons. The van der Waals surface area contributed by atoms with Crippen LogP contribution in [0.3, 0.4) is 0 Å². The Labute approximate surface area is 163 Å². The quantitative estimate of drug-likeness (QED) is 0.275. The molecule has 3 heterocycles. The monoisotopic (exact) mass is 402 g/mol. The standard InChI is InChI=1S/C17H18N6O4S/c18-17-20-15-14(19-9-22(15)13-6-5-12(7-24)27-13)16(21-17)28-8-10-1-3-11(4-2-10)23(25)26/h1-4,9,12-13,24H,5-8H2,(H2,18,20,21)/t12-,13+/m0/s1. The van der Waals surface area contributed by atoms with Crippen LogP contribution in [0.2, 0.25) is 0 Å². The number of nitrogens with zero attached hydrogens (tertiary/aromatic N) is 5. The Kier molecular flexibility index (Phi) is 5.11. The molecule has 0 saturated carbocycles. The number of aromatic nitrogens is 4. The summed E-state index contributed by atoms with van der Waals surface area (Å²) in [5.74, 6) is 0.695.